The van der Waals surface area contributed by atoms with Gasteiger partial charge in [0.25, 0.3) is 0 Å². The van der Waals surface area contributed by atoms with Crippen LogP contribution in [0.1, 0.15) is 41.5 Å². The van der Waals surface area contributed by atoms with Crippen LogP contribution in [0.5, 0.6) is 0 Å². The summed E-state index contributed by atoms with van der Waals surface area (Å²) >= 11 is 3.03. The maximum absolute atomic E-state index is 12.4. The van der Waals surface area contributed by atoms with E-state index >= 15 is 0 Å². The number of aryl methyl sites for hydroxylation is 1. The highest BCUT2D eigenvalue weighted by molar-refractivity contribution is 7.99. The Kier molecular flexibility index (Phi) is 9.38. The van der Waals surface area contributed by atoms with Gasteiger partial charge in [-0.15, -0.1) is 22.0 Å². The normalized spacial score (nSPS) is 10.8. The number of thioether (sulfide) groups is 2. The quantitative estimate of drug-likeness (QED) is 0.230. The van der Waals surface area contributed by atoms with Gasteiger partial charge in [-0.1, -0.05) is 42.8 Å². The number of ether oxygens (including phenoxy) is 1. The highest BCUT2D eigenvalue weighted by Crippen LogP contribution is 2.24. The van der Waals surface area contributed by atoms with Crippen LogP contribution in [0.15, 0.2) is 58.6 Å². The first kappa shape index (κ1) is 24.9. The molecule has 3 rings (SSSR count). The number of nitrogens with zero attached hydrogens (tertiary/aromatic N) is 3. The standard InChI is InChI=1S/C24H28N4O3S2/c1-4-5-14-31-23(30)18-8-10-19(11-9-18)25-22(29)16-33-24-27-26-21(28(24)3)15-32-20-12-6-17(2)7-13-20/h6-13H,4-5,14-16H2,1-3H3,(H,25,29). The molecule has 9 heteroatoms. The first-order valence-corrected chi connectivity index (χ1v) is 12.7. The summed E-state index contributed by atoms with van der Waals surface area (Å²) in [5, 5.41) is 12.0. The van der Waals surface area contributed by atoms with Crippen molar-refractivity contribution in [1.29, 1.82) is 0 Å². The molecule has 0 saturated carbocycles. The van der Waals surface area contributed by atoms with Gasteiger partial charge in [0.15, 0.2) is 5.16 Å². The third-order valence-electron chi connectivity index (χ3n) is 4.78. The second-order valence-corrected chi connectivity index (χ2v) is 9.45. The lowest BCUT2D eigenvalue weighted by Gasteiger charge is -2.07. The zero-order chi connectivity index (χ0) is 23.6. The number of benzene rings is 2. The van der Waals surface area contributed by atoms with Crippen LogP contribution in [-0.2, 0) is 22.3 Å². The molecule has 0 fully saturated rings. The number of nitrogens with one attached hydrogen (secondary N) is 1. The second kappa shape index (κ2) is 12.5. The number of aromatic nitrogens is 3. The summed E-state index contributed by atoms with van der Waals surface area (Å²) in [5.74, 6) is 1.25. The second-order valence-electron chi connectivity index (χ2n) is 7.46. The number of amides is 1. The van der Waals surface area contributed by atoms with E-state index in [2.05, 4.69) is 46.7 Å². The van der Waals surface area contributed by atoms with Gasteiger partial charge < -0.3 is 14.6 Å². The number of anilines is 1. The smallest absolute Gasteiger partial charge is 0.338 e. The molecule has 0 radical (unpaired) electrons. The van der Waals surface area contributed by atoms with E-state index < -0.39 is 0 Å². The Labute approximate surface area is 202 Å². The Bertz CT molecular complexity index is 1070. The first-order valence-electron chi connectivity index (χ1n) is 10.7. The molecule has 1 N–H and O–H groups in total. The third kappa shape index (κ3) is 7.64. The molecule has 0 aliphatic heterocycles. The molecule has 174 valence electrons. The van der Waals surface area contributed by atoms with Crippen LogP contribution in [0.3, 0.4) is 0 Å². The molecule has 7 nitrogen and oxygen atoms in total. The molecule has 33 heavy (non-hydrogen) atoms. The predicted molar refractivity (Wildman–Crippen MR) is 133 cm³/mol. The monoisotopic (exact) mass is 484 g/mol. The number of esters is 1. The Morgan fingerprint density at radius 1 is 1.03 bits per heavy atom. The van der Waals surface area contributed by atoms with Crippen LogP contribution in [0, 0.1) is 6.92 Å². The van der Waals surface area contributed by atoms with Gasteiger partial charge in [0.2, 0.25) is 5.91 Å². The number of carbonyl (C=O) groups is 2. The van der Waals surface area contributed by atoms with Gasteiger partial charge in [0, 0.05) is 17.6 Å². The van der Waals surface area contributed by atoms with Gasteiger partial charge in [-0.25, -0.2) is 4.79 Å². The average molecular weight is 485 g/mol. The van der Waals surface area contributed by atoms with Gasteiger partial charge in [-0.3, -0.25) is 4.79 Å². The largest absolute Gasteiger partial charge is 0.462 e. The van der Waals surface area contributed by atoms with Crippen LogP contribution < -0.4 is 5.32 Å². The van der Waals surface area contributed by atoms with Crippen molar-refractivity contribution in [2.45, 2.75) is 42.5 Å². The van der Waals surface area contributed by atoms with E-state index in [4.69, 9.17) is 4.74 Å². The average Bonchev–Trinajstić information content (AvgIpc) is 3.17. The minimum atomic E-state index is -0.351. The lowest BCUT2D eigenvalue weighted by Crippen LogP contribution is -2.14. The Morgan fingerprint density at radius 3 is 2.45 bits per heavy atom. The minimum absolute atomic E-state index is 0.156. The summed E-state index contributed by atoms with van der Waals surface area (Å²) in [6.07, 6.45) is 1.81. The molecule has 0 bridgehead atoms. The number of rotatable bonds is 11. The maximum Gasteiger partial charge on any atom is 0.338 e. The van der Waals surface area contributed by atoms with Crippen molar-refractivity contribution in [1.82, 2.24) is 14.8 Å². The Balaban J connectivity index is 1.46. The van der Waals surface area contributed by atoms with E-state index in [9.17, 15) is 9.59 Å². The molecule has 1 amide bonds. The van der Waals surface area contributed by atoms with Crippen LogP contribution in [-0.4, -0.2) is 39.0 Å². The van der Waals surface area contributed by atoms with E-state index in [1.54, 1.807) is 36.0 Å². The molecular formula is C24H28N4O3S2. The fourth-order valence-corrected chi connectivity index (χ4v) is 4.39. The lowest BCUT2D eigenvalue weighted by molar-refractivity contribution is -0.113. The van der Waals surface area contributed by atoms with E-state index in [1.807, 2.05) is 18.5 Å². The van der Waals surface area contributed by atoms with Gasteiger partial charge in [0.1, 0.15) is 5.82 Å². The molecule has 0 spiro atoms. The molecule has 1 heterocycles. The fourth-order valence-electron chi connectivity index (χ4n) is 2.79. The maximum atomic E-state index is 12.4. The van der Waals surface area contributed by atoms with Crippen LogP contribution in [0.2, 0.25) is 0 Å². The SMILES string of the molecule is CCCCOC(=O)c1ccc(NC(=O)CSc2nnc(CSc3ccc(C)cc3)n2C)cc1. The summed E-state index contributed by atoms with van der Waals surface area (Å²) in [6.45, 7) is 4.52. The Morgan fingerprint density at radius 2 is 1.76 bits per heavy atom. The topological polar surface area (TPSA) is 86.1 Å². The summed E-state index contributed by atoms with van der Waals surface area (Å²) in [4.78, 5) is 25.5. The molecule has 1 aromatic heterocycles. The molecule has 0 aliphatic rings. The molecule has 2 aromatic carbocycles. The van der Waals surface area contributed by atoms with Crippen LogP contribution in [0.25, 0.3) is 0 Å². The summed E-state index contributed by atoms with van der Waals surface area (Å²) in [7, 11) is 1.91. The molecular weight excluding hydrogens is 456 g/mol. The van der Waals surface area contributed by atoms with Gasteiger partial charge in [-0.2, -0.15) is 0 Å². The van der Waals surface area contributed by atoms with Crippen molar-refractivity contribution >= 4 is 41.1 Å². The third-order valence-corrected chi connectivity index (χ3v) is 6.81. The number of hydrogen-bond donors (Lipinski definition) is 1. The molecule has 0 unspecified atom stereocenters. The number of carbonyl (C=O) groups excluding carboxylic acids is 2. The summed E-state index contributed by atoms with van der Waals surface area (Å²) in [5.41, 5.74) is 2.32. The van der Waals surface area contributed by atoms with Crippen LogP contribution >= 0.6 is 23.5 Å². The van der Waals surface area contributed by atoms with E-state index in [-0.39, 0.29) is 17.6 Å². The fraction of sp³-hybridized carbons (Fsp3) is 0.333. The van der Waals surface area contributed by atoms with Crippen molar-refractivity contribution in [3.63, 3.8) is 0 Å². The zero-order valence-corrected chi connectivity index (χ0v) is 20.7. The van der Waals surface area contributed by atoms with E-state index in [1.165, 1.54) is 22.2 Å². The number of hydrogen-bond acceptors (Lipinski definition) is 7. The van der Waals surface area contributed by atoms with Gasteiger partial charge in [-0.05, 0) is 49.7 Å². The Hall–Kier alpha value is -2.78. The van der Waals surface area contributed by atoms with Crippen molar-refractivity contribution in [3.8, 4) is 0 Å². The summed E-state index contributed by atoms with van der Waals surface area (Å²) in [6, 6.07) is 15.1. The molecule has 0 aliphatic carbocycles. The van der Waals surface area contributed by atoms with Crippen molar-refractivity contribution in [3.05, 3.63) is 65.5 Å². The van der Waals surface area contributed by atoms with Crippen LogP contribution in [0.4, 0.5) is 5.69 Å². The summed E-state index contributed by atoms with van der Waals surface area (Å²) < 4.78 is 7.11. The highest BCUT2D eigenvalue weighted by Gasteiger charge is 2.13. The highest BCUT2D eigenvalue weighted by atomic mass is 32.2. The zero-order valence-electron chi connectivity index (χ0n) is 19.0. The van der Waals surface area contributed by atoms with Gasteiger partial charge >= 0.3 is 5.97 Å². The molecule has 3 aromatic rings. The minimum Gasteiger partial charge on any atom is -0.462 e. The van der Waals surface area contributed by atoms with E-state index in [0.717, 1.165) is 18.7 Å². The van der Waals surface area contributed by atoms with Crippen molar-refractivity contribution in [2.24, 2.45) is 7.05 Å². The van der Waals surface area contributed by atoms with E-state index in [0.29, 0.717) is 28.8 Å². The lowest BCUT2D eigenvalue weighted by atomic mass is 10.2. The first-order chi connectivity index (χ1) is 16.0. The molecule has 0 saturated heterocycles. The van der Waals surface area contributed by atoms with Gasteiger partial charge in [0.05, 0.1) is 23.7 Å². The van der Waals surface area contributed by atoms with Crippen molar-refractivity contribution in [2.75, 3.05) is 17.7 Å². The number of unbranched alkanes of at least 4 members (excludes halogenated alkanes) is 1. The molecule has 0 atom stereocenters. The van der Waals surface area contributed by atoms with Crippen molar-refractivity contribution < 1.29 is 14.3 Å². The predicted octanol–water partition coefficient (Wildman–Crippen LogP) is 5.10.